The number of nitrogens with zero attached hydrogens (tertiary/aromatic N) is 2. The van der Waals surface area contributed by atoms with E-state index >= 15 is 0 Å². The molecule has 2 aromatic rings. The van der Waals surface area contributed by atoms with Gasteiger partial charge in [0.05, 0.1) is 23.0 Å². The normalized spacial score (nSPS) is 10.7. The van der Waals surface area contributed by atoms with E-state index in [0.29, 0.717) is 6.61 Å². The van der Waals surface area contributed by atoms with Crippen LogP contribution >= 0.6 is 15.9 Å². The topological polar surface area (TPSA) is 36.3 Å². The molecule has 0 fully saturated rings. The lowest BCUT2D eigenvalue weighted by Crippen LogP contribution is -2.07. The van der Waals surface area contributed by atoms with Crippen LogP contribution in [0.15, 0.2) is 22.7 Å². The van der Waals surface area contributed by atoms with Crippen molar-refractivity contribution in [1.29, 1.82) is 0 Å². The van der Waals surface area contributed by atoms with Crippen LogP contribution in [0, 0.1) is 6.92 Å². The molecule has 0 spiro atoms. The van der Waals surface area contributed by atoms with Crippen molar-refractivity contribution < 1.29 is 9.47 Å². The zero-order chi connectivity index (χ0) is 15.4. The number of rotatable bonds is 6. The molecule has 0 radical (unpaired) electrons. The van der Waals surface area contributed by atoms with Crippen molar-refractivity contribution in [3.05, 3.63) is 39.6 Å². The van der Waals surface area contributed by atoms with Gasteiger partial charge in [-0.05, 0) is 53.9 Å². The summed E-state index contributed by atoms with van der Waals surface area (Å²) in [5.41, 5.74) is 3.26. The summed E-state index contributed by atoms with van der Waals surface area (Å²) in [4.78, 5) is 0. The van der Waals surface area contributed by atoms with Crippen LogP contribution in [0.25, 0.3) is 0 Å². The van der Waals surface area contributed by atoms with Gasteiger partial charge in [-0.25, -0.2) is 0 Å². The average molecular weight is 353 g/mol. The van der Waals surface area contributed by atoms with Gasteiger partial charge in [0.15, 0.2) is 11.5 Å². The molecule has 0 N–H and O–H groups in total. The van der Waals surface area contributed by atoms with Gasteiger partial charge in [0.25, 0.3) is 0 Å². The number of halogens is 1. The molecule has 1 aromatic heterocycles. The molecule has 5 heteroatoms. The van der Waals surface area contributed by atoms with Gasteiger partial charge in [-0.2, -0.15) is 5.10 Å². The molecule has 0 atom stereocenters. The molecule has 0 bridgehead atoms. The number of ether oxygens (including phenoxy) is 2. The van der Waals surface area contributed by atoms with Gasteiger partial charge in [0, 0.05) is 6.54 Å². The zero-order valence-electron chi connectivity index (χ0n) is 12.9. The van der Waals surface area contributed by atoms with Gasteiger partial charge in [-0.1, -0.05) is 13.0 Å². The Bertz CT molecular complexity index is 623. The second kappa shape index (κ2) is 6.98. The molecule has 4 nitrogen and oxygen atoms in total. The summed E-state index contributed by atoms with van der Waals surface area (Å²) in [5, 5.41) is 4.57. The molecule has 0 aliphatic heterocycles. The minimum Gasteiger partial charge on any atom is -0.493 e. The molecule has 0 aliphatic rings. The van der Waals surface area contributed by atoms with Crippen molar-refractivity contribution in [2.75, 3.05) is 7.11 Å². The molecular formula is C16H21BrN2O2. The average Bonchev–Trinajstić information content (AvgIpc) is 2.81. The Hall–Kier alpha value is -1.49. The monoisotopic (exact) mass is 352 g/mol. The highest BCUT2D eigenvalue weighted by Gasteiger charge is 2.15. The molecule has 114 valence electrons. The van der Waals surface area contributed by atoms with E-state index in [1.54, 1.807) is 7.11 Å². The summed E-state index contributed by atoms with van der Waals surface area (Å²) >= 11 is 3.63. The smallest absolute Gasteiger partial charge is 0.161 e. The van der Waals surface area contributed by atoms with Crippen molar-refractivity contribution in [3.63, 3.8) is 0 Å². The molecule has 1 heterocycles. The Labute approximate surface area is 134 Å². The zero-order valence-corrected chi connectivity index (χ0v) is 14.5. The van der Waals surface area contributed by atoms with E-state index in [1.807, 2.05) is 29.8 Å². The minimum atomic E-state index is 0.459. The molecule has 0 amide bonds. The van der Waals surface area contributed by atoms with Crippen LogP contribution in [0.2, 0.25) is 0 Å². The molecule has 0 aliphatic carbocycles. The summed E-state index contributed by atoms with van der Waals surface area (Å²) in [7, 11) is 1.66. The van der Waals surface area contributed by atoms with E-state index in [9.17, 15) is 0 Å². The molecular weight excluding hydrogens is 332 g/mol. The lowest BCUT2D eigenvalue weighted by atomic mass is 10.2. The predicted octanol–water partition coefficient (Wildman–Crippen LogP) is 4.12. The van der Waals surface area contributed by atoms with Crippen LogP contribution in [-0.2, 0) is 19.6 Å². The second-order valence-corrected chi connectivity index (χ2v) is 5.61. The minimum absolute atomic E-state index is 0.459. The van der Waals surface area contributed by atoms with Crippen LogP contribution in [-0.4, -0.2) is 16.9 Å². The fourth-order valence-electron chi connectivity index (χ4n) is 2.20. The Morgan fingerprint density at radius 1 is 1.24 bits per heavy atom. The van der Waals surface area contributed by atoms with E-state index in [2.05, 4.69) is 34.9 Å². The first-order valence-corrected chi connectivity index (χ1v) is 7.91. The maximum Gasteiger partial charge on any atom is 0.161 e. The number of aryl methyl sites for hydroxylation is 3. The first-order valence-electron chi connectivity index (χ1n) is 7.12. The fourth-order valence-corrected chi connectivity index (χ4v) is 2.87. The van der Waals surface area contributed by atoms with E-state index in [0.717, 1.165) is 45.9 Å². The Morgan fingerprint density at radius 2 is 2.00 bits per heavy atom. The van der Waals surface area contributed by atoms with E-state index in [-0.39, 0.29) is 0 Å². The number of hydrogen-bond donors (Lipinski definition) is 0. The fraction of sp³-hybridized carbons (Fsp3) is 0.438. The third kappa shape index (κ3) is 3.40. The first kappa shape index (κ1) is 15.9. The van der Waals surface area contributed by atoms with Crippen molar-refractivity contribution in [2.45, 2.75) is 40.3 Å². The predicted molar refractivity (Wildman–Crippen MR) is 87.0 cm³/mol. The molecule has 2 rings (SSSR count). The van der Waals surface area contributed by atoms with Gasteiger partial charge in [-0.3, -0.25) is 4.68 Å². The molecule has 1 aromatic carbocycles. The number of hydrogen-bond acceptors (Lipinski definition) is 3. The molecule has 21 heavy (non-hydrogen) atoms. The number of aromatic nitrogens is 2. The van der Waals surface area contributed by atoms with Gasteiger partial charge in [0.1, 0.15) is 6.61 Å². The molecule has 0 unspecified atom stereocenters. The highest BCUT2D eigenvalue weighted by Crippen LogP contribution is 2.30. The summed E-state index contributed by atoms with van der Waals surface area (Å²) in [6, 6.07) is 5.93. The highest BCUT2D eigenvalue weighted by atomic mass is 79.9. The Balaban J connectivity index is 2.22. The van der Waals surface area contributed by atoms with E-state index in [1.165, 1.54) is 0 Å². The van der Waals surface area contributed by atoms with Gasteiger partial charge in [0.2, 0.25) is 0 Å². The van der Waals surface area contributed by atoms with Crippen LogP contribution in [0.1, 0.15) is 30.8 Å². The van der Waals surface area contributed by atoms with Gasteiger partial charge >= 0.3 is 0 Å². The van der Waals surface area contributed by atoms with Crippen molar-refractivity contribution in [1.82, 2.24) is 9.78 Å². The first-order chi connectivity index (χ1) is 10.1. The van der Waals surface area contributed by atoms with Crippen LogP contribution in [0.5, 0.6) is 11.5 Å². The summed E-state index contributed by atoms with van der Waals surface area (Å²) in [6.07, 6.45) is 0.897. The maximum atomic E-state index is 5.93. The SMILES string of the molecule is CCc1nn(CC)c(COc2ccc(C)cc2OC)c1Br. The highest BCUT2D eigenvalue weighted by molar-refractivity contribution is 9.10. The summed E-state index contributed by atoms with van der Waals surface area (Å²) in [5.74, 6) is 1.50. The third-order valence-electron chi connectivity index (χ3n) is 3.38. The summed E-state index contributed by atoms with van der Waals surface area (Å²) < 4.78 is 14.3. The third-order valence-corrected chi connectivity index (χ3v) is 4.29. The molecule has 0 saturated heterocycles. The molecule has 0 saturated carbocycles. The van der Waals surface area contributed by atoms with Crippen molar-refractivity contribution in [2.24, 2.45) is 0 Å². The summed E-state index contributed by atoms with van der Waals surface area (Å²) in [6.45, 7) is 7.49. The van der Waals surface area contributed by atoms with Gasteiger partial charge < -0.3 is 9.47 Å². The standard InChI is InChI=1S/C16H21BrN2O2/c1-5-12-16(17)13(19(6-2)18-12)10-21-14-8-7-11(3)9-15(14)20-4/h7-9H,5-6,10H2,1-4H3. The Kier molecular flexibility index (Phi) is 5.28. The lowest BCUT2D eigenvalue weighted by molar-refractivity contribution is 0.273. The van der Waals surface area contributed by atoms with Crippen LogP contribution in [0.4, 0.5) is 0 Å². The number of benzene rings is 1. The quantitative estimate of drug-likeness (QED) is 0.784. The number of methoxy groups -OCH3 is 1. The van der Waals surface area contributed by atoms with Crippen molar-refractivity contribution in [3.8, 4) is 11.5 Å². The van der Waals surface area contributed by atoms with E-state index < -0.39 is 0 Å². The largest absolute Gasteiger partial charge is 0.493 e. The van der Waals surface area contributed by atoms with Gasteiger partial charge in [-0.15, -0.1) is 0 Å². The van der Waals surface area contributed by atoms with Crippen LogP contribution in [0.3, 0.4) is 0 Å². The van der Waals surface area contributed by atoms with E-state index in [4.69, 9.17) is 9.47 Å². The maximum absolute atomic E-state index is 5.93. The van der Waals surface area contributed by atoms with Crippen molar-refractivity contribution >= 4 is 15.9 Å². The second-order valence-electron chi connectivity index (χ2n) is 4.82. The van der Waals surface area contributed by atoms with Crippen LogP contribution < -0.4 is 9.47 Å². The Morgan fingerprint density at radius 3 is 2.62 bits per heavy atom. The lowest BCUT2D eigenvalue weighted by Gasteiger charge is -2.12.